The number of hydrogen-bond donors (Lipinski definition) is 0. The third-order valence-electron chi connectivity index (χ3n) is 4.14. The second-order valence-corrected chi connectivity index (χ2v) is 10.0. The third-order valence-corrected chi connectivity index (χ3v) is 7.27. The molecule has 0 saturated carbocycles. The topological polar surface area (TPSA) is 65.1 Å². The van der Waals surface area contributed by atoms with E-state index in [2.05, 4.69) is 31.9 Å². The van der Waals surface area contributed by atoms with Gasteiger partial charge in [0, 0.05) is 4.47 Å². The van der Waals surface area contributed by atoms with Crippen LogP contribution in [0.5, 0.6) is 11.5 Å². The van der Waals surface area contributed by atoms with Gasteiger partial charge in [-0.2, -0.15) is 0 Å². The first-order chi connectivity index (χ1) is 15.2. The number of hydrogen-bond acceptors (Lipinski definition) is 7. The van der Waals surface area contributed by atoms with Crippen LogP contribution >= 0.6 is 67.4 Å². The van der Waals surface area contributed by atoms with Crippen molar-refractivity contribution in [3.63, 3.8) is 0 Å². The number of thioether (sulfide) groups is 1. The number of anilines is 1. The van der Waals surface area contributed by atoms with Crippen molar-refractivity contribution < 1.29 is 23.8 Å². The average molecular weight is 622 g/mol. The Morgan fingerprint density at radius 2 is 2.00 bits per heavy atom. The highest BCUT2D eigenvalue weighted by Crippen LogP contribution is 2.41. The number of thiocarbonyl (C=S) groups is 1. The van der Waals surface area contributed by atoms with Crippen molar-refractivity contribution in [1.82, 2.24) is 0 Å². The van der Waals surface area contributed by atoms with Crippen LogP contribution in [-0.2, 0) is 14.3 Å². The summed E-state index contributed by atoms with van der Waals surface area (Å²) >= 11 is 19.6. The molecule has 1 saturated heterocycles. The molecule has 0 spiro atoms. The maximum atomic E-state index is 13.0. The zero-order valence-electron chi connectivity index (χ0n) is 16.8. The summed E-state index contributed by atoms with van der Waals surface area (Å²) in [5, 5.41) is 0.479. The van der Waals surface area contributed by atoms with Crippen molar-refractivity contribution in [2.75, 3.05) is 25.2 Å². The van der Waals surface area contributed by atoms with Gasteiger partial charge < -0.3 is 14.2 Å². The monoisotopic (exact) mass is 619 g/mol. The molecule has 168 valence electrons. The lowest BCUT2D eigenvalue weighted by atomic mass is 10.1. The van der Waals surface area contributed by atoms with Gasteiger partial charge in [-0.05, 0) is 80.8 Å². The van der Waals surface area contributed by atoms with E-state index in [0.717, 1.165) is 4.47 Å². The van der Waals surface area contributed by atoms with Crippen LogP contribution in [-0.4, -0.2) is 36.5 Å². The van der Waals surface area contributed by atoms with Crippen LogP contribution in [0.25, 0.3) is 6.08 Å². The Morgan fingerprint density at radius 1 is 1.25 bits per heavy atom. The summed E-state index contributed by atoms with van der Waals surface area (Å²) < 4.78 is 17.5. The van der Waals surface area contributed by atoms with Crippen LogP contribution in [0, 0.1) is 0 Å². The average Bonchev–Trinajstić information content (AvgIpc) is 3.02. The highest BCUT2D eigenvalue weighted by Gasteiger charge is 2.33. The molecule has 0 unspecified atom stereocenters. The maximum Gasteiger partial charge on any atom is 0.344 e. The Balaban J connectivity index is 1.87. The second kappa shape index (κ2) is 11.0. The molecular formula is C21H16Br2ClNO5S2. The van der Waals surface area contributed by atoms with Gasteiger partial charge >= 0.3 is 5.97 Å². The SMILES string of the molecule is CCOC(=O)COc1c(Br)cc(/C=C2\SC(=S)N(c3ccc(Br)c(Cl)c3)C2=O)cc1OC. The summed E-state index contributed by atoms with van der Waals surface area (Å²) in [5.41, 5.74) is 1.28. The first kappa shape index (κ1) is 25.0. The minimum absolute atomic E-state index is 0.253. The number of carbonyl (C=O) groups excluding carboxylic acids is 2. The molecule has 6 nitrogen and oxygen atoms in total. The summed E-state index contributed by atoms with van der Waals surface area (Å²) in [6, 6.07) is 8.66. The number of benzene rings is 2. The first-order valence-electron chi connectivity index (χ1n) is 9.14. The quantitative estimate of drug-likeness (QED) is 0.207. The van der Waals surface area contributed by atoms with Crippen LogP contribution in [0.2, 0.25) is 5.02 Å². The van der Waals surface area contributed by atoms with Crippen LogP contribution in [0.4, 0.5) is 5.69 Å². The summed E-state index contributed by atoms with van der Waals surface area (Å²) in [5.74, 6) is 0.0122. The van der Waals surface area contributed by atoms with E-state index < -0.39 is 5.97 Å². The van der Waals surface area contributed by atoms with Crippen LogP contribution in [0.1, 0.15) is 12.5 Å². The van der Waals surface area contributed by atoms with Gasteiger partial charge in [-0.3, -0.25) is 9.69 Å². The minimum atomic E-state index is -0.484. The van der Waals surface area contributed by atoms with E-state index in [-0.39, 0.29) is 19.1 Å². The highest BCUT2D eigenvalue weighted by molar-refractivity contribution is 9.10. The Bertz CT molecular complexity index is 1130. The number of rotatable bonds is 7. The van der Waals surface area contributed by atoms with Crippen molar-refractivity contribution in [2.45, 2.75) is 6.92 Å². The molecule has 2 aromatic rings. The van der Waals surface area contributed by atoms with Crippen LogP contribution in [0.3, 0.4) is 0 Å². The normalized spacial score (nSPS) is 14.8. The van der Waals surface area contributed by atoms with Crippen molar-refractivity contribution in [1.29, 1.82) is 0 Å². The number of nitrogens with zero attached hydrogens (tertiary/aromatic N) is 1. The molecule has 0 N–H and O–H groups in total. The summed E-state index contributed by atoms with van der Waals surface area (Å²) in [6.07, 6.45) is 1.71. The van der Waals surface area contributed by atoms with Crippen molar-refractivity contribution >= 4 is 95.4 Å². The highest BCUT2D eigenvalue weighted by atomic mass is 79.9. The lowest BCUT2D eigenvalue weighted by Gasteiger charge is -2.15. The van der Waals surface area contributed by atoms with Gasteiger partial charge in [0.15, 0.2) is 22.4 Å². The number of amides is 1. The molecule has 11 heteroatoms. The zero-order valence-corrected chi connectivity index (χ0v) is 22.4. The Morgan fingerprint density at radius 3 is 2.66 bits per heavy atom. The Labute approximate surface area is 216 Å². The van der Waals surface area contributed by atoms with Crippen molar-refractivity contribution in [2.24, 2.45) is 0 Å². The zero-order chi connectivity index (χ0) is 23.4. The lowest BCUT2D eigenvalue weighted by molar-refractivity contribution is -0.145. The van der Waals surface area contributed by atoms with Gasteiger partial charge in [0.25, 0.3) is 5.91 Å². The fourth-order valence-corrected chi connectivity index (χ4v) is 5.06. The second-order valence-electron chi connectivity index (χ2n) is 6.24. The van der Waals surface area contributed by atoms with Gasteiger partial charge in [0.05, 0.1) is 33.8 Å². The van der Waals surface area contributed by atoms with E-state index in [1.165, 1.54) is 23.8 Å². The van der Waals surface area contributed by atoms with Gasteiger partial charge in [-0.25, -0.2) is 4.79 Å². The summed E-state index contributed by atoms with van der Waals surface area (Å²) in [7, 11) is 1.49. The molecule has 1 fully saturated rings. The van der Waals surface area contributed by atoms with Crippen molar-refractivity contribution in [3.8, 4) is 11.5 Å². The van der Waals surface area contributed by atoms with Gasteiger partial charge in [-0.1, -0.05) is 35.6 Å². The van der Waals surface area contributed by atoms with E-state index >= 15 is 0 Å². The number of carbonyl (C=O) groups is 2. The summed E-state index contributed by atoms with van der Waals surface area (Å²) in [4.78, 5) is 26.5. The molecule has 0 bridgehead atoms. The van der Waals surface area contributed by atoms with E-state index in [0.29, 0.717) is 41.5 Å². The molecule has 0 aromatic heterocycles. The molecule has 2 aromatic carbocycles. The van der Waals surface area contributed by atoms with E-state index in [1.807, 2.05) is 0 Å². The third kappa shape index (κ3) is 5.66. The number of halogens is 3. The molecule has 1 aliphatic rings. The van der Waals surface area contributed by atoms with Crippen LogP contribution < -0.4 is 14.4 Å². The predicted molar refractivity (Wildman–Crippen MR) is 138 cm³/mol. The number of methoxy groups -OCH3 is 1. The molecule has 1 heterocycles. The molecule has 3 rings (SSSR count). The summed E-state index contributed by atoms with van der Waals surface area (Å²) in [6.45, 7) is 1.73. The number of esters is 1. The van der Waals surface area contributed by atoms with Gasteiger partial charge in [-0.15, -0.1) is 0 Å². The van der Waals surface area contributed by atoms with Gasteiger partial charge in [0.2, 0.25) is 0 Å². The van der Waals surface area contributed by atoms with E-state index in [4.69, 9.17) is 38.0 Å². The Kier molecular flexibility index (Phi) is 8.62. The van der Waals surface area contributed by atoms with E-state index in [1.54, 1.807) is 43.3 Å². The molecule has 0 radical (unpaired) electrons. The molecule has 0 atom stereocenters. The van der Waals surface area contributed by atoms with Crippen LogP contribution in [0.15, 0.2) is 44.2 Å². The van der Waals surface area contributed by atoms with Crippen molar-refractivity contribution in [3.05, 3.63) is 54.8 Å². The fraction of sp³-hybridized carbons (Fsp3) is 0.190. The Hall–Kier alpha value is -1.59. The van der Waals surface area contributed by atoms with Gasteiger partial charge in [0.1, 0.15) is 0 Å². The maximum absolute atomic E-state index is 13.0. The van der Waals surface area contributed by atoms with E-state index in [9.17, 15) is 9.59 Å². The number of ether oxygens (including phenoxy) is 3. The molecule has 1 aliphatic heterocycles. The largest absolute Gasteiger partial charge is 0.493 e. The molecule has 32 heavy (non-hydrogen) atoms. The molecule has 0 aliphatic carbocycles. The lowest BCUT2D eigenvalue weighted by Crippen LogP contribution is -2.27. The molecule has 1 amide bonds. The smallest absolute Gasteiger partial charge is 0.344 e. The molecular weight excluding hydrogens is 606 g/mol. The standard InChI is InChI=1S/C21H16Br2ClNO5S2/c1-3-29-18(26)10-30-19-14(23)6-11(7-16(19)28-2)8-17-20(27)25(21(31)32-17)12-4-5-13(22)15(24)9-12/h4-9H,3,10H2,1-2H3/b17-8-. The fourth-order valence-electron chi connectivity index (χ4n) is 2.76. The predicted octanol–water partition coefficient (Wildman–Crippen LogP) is 6.22. The minimum Gasteiger partial charge on any atom is -0.493 e. The first-order valence-corrected chi connectivity index (χ1v) is 12.3.